The predicted molar refractivity (Wildman–Crippen MR) is 78.3 cm³/mol. The van der Waals surface area contributed by atoms with Crippen molar-refractivity contribution in [2.24, 2.45) is 0 Å². The molecular formula is C13H17N5O3S. The van der Waals surface area contributed by atoms with Crippen LogP contribution in [0.3, 0.4) is 0 Å². The van der Waals surface area contributed by atoms with Crippen molar-refractivity contribution in [3.63, 3.8) is 0 Å². The lowest BCUT2D eigenvalue weighted by atomic mass is 10.2. The number of rotatable bonds is 7. The Kier molecular flexibility index (Phi) is 5.07. The van der Waals surface area contributed by atoms with Crippen LogP contribution in [0.5, 0.6) is 0 Å². The number of carbonyl (C=O) groups is 1. The van der Waals surface area contributed by atoms with Crippen LogP contribution < -0.4 is 5.32 Å². The van der Waals surface area contributed by atoms with Gasteiger partial charge in [-0.1, -0.05) is 11.8 Å². The monoisotopic (exact) mass is 323 g/mol. The number of nitrogens with one attached hydrogen (secondary N) is 1. The van der Waals surface area contributed by atoms with E-state index in [9.17, 15) is 4.79 Å². The van der Waals surface area contributed by atoms with E-state index in [2.05, 4.69) is 20.8 Å². The van der Waals surface area contributed by atoms with Gasteiger partial charge in [-0.25, -0.2) is 4.68 Å². The Bertz CT molecular complexity index is 595. The Morgan fingerprint density at radius 2 is 2.50 bits per heavy atom. The van der Waals surface area contributed by atoms with Crippen LogP contribution in [0.4, 0.5) is 0 Å². The lowest BCUT2D eigenvalue weighted by Crippen LogP contribution is -2.32. The zero-order chi connectivity index (χ0) is 15.2. The molecule has 3 heterocycles. The lowest BCUT2D eigenvalue weighted by molar-refractivity contribution is -0.119. The fourth-order valence-corrected chi connectivity index (χ4v) is 2.87. The highest BCUT2D eigenvalue weighted by molar-refractivity contribution is 7.99. The van der Waals surface area contributed by atoms with Gasteiger partial charge in [-0.2, -0.15) is 0 Å². The number of ether oxygens (including phenoxy) is 1. The Morgan fingerprint density at radius 1 is 1.55 bits per heavy atom. The van der Waals surface area contributed by atoms with Crippen molar-refractivity contribution in [3.8, 4) is 0 Å². The van der Waals surface area contributed by atoms with Crippen LogP contribution in [0.25, 0.3) is 0 Å². The molecule has 1 unspecified atom stereocenters. The summed E-state index contributed by atoms with van der Waals surface area (Å²) in [6.45, 7) is 1.80. The largest absolute Gasteiger partial charge is 0.467 e. The van der Waals surface area contributed by atoms with E-state index in [0.29, 0.717) is 18.2 Å². The number of aromatic nitrogens is 4. The molecule has 1 aliphatic rings. The highest BCUT2D eigenvalue weighted by Gasteiger charge is 2.17. The minimum atomic E-state index is -0.0481. The molecule has 8 nitrogen and oxygen atoms in total. The van der Waals surface area contributed by atoms with Gasteiger partial charge >= 0.3 is 0 Å². The van der Waals surface area contributed by atoms with Gasteiger partial charge < -0.3 is 14.5 Å². The van der Waals surface area contributed by atoms with E-state index in [1.165, 1.54) is 11.8 Å². The molecule has 0 aliphatic carbocycles. The average molecular weight is 323 g/mol. The first-order valence-electron chi connectivity index (χ1n) is 7.11. The van der Waals surface area contributed by atoms with E-state index in [0.717, 1.165) is 25.2 Å². The molecule has 0 bridgehead atoms. The number of hydrogen-bond donors (Lipinski definition) is 1. The number of furan rings is 1. The second-order valence-electron chi connectivity index (χ2n) is 4.93. The topological polar surface area (TPSA) is 95.1 Å². The summed E-state index contributed by atoms with van der Waals surface area (Å²) >= 11 is 1.30. The van der Waals surface area contributed by atoms with E-state index >= 15 is 0 Å². The van der Waals surface area contributed by atoms with E-state index in [4.69, 9.17) is 9.15 Å². The molecule has 22 heavy (non-hydrogen) atoms. The van der Waals surface area contributed by atoms with Crippen LogP contribution in [0.15, 0.2) is 28.0 Å². The highest BCUT2D eigenvalue weighted by atomic mass is 32.2. The van der Waals surface area contributed by atoms with Gasteiger partial charge in [0.1, 0.15) is 12.3 Å². The number of hydrogen-bond acceptors (Lipinski definition) is 7. The maximum atomic E-state index is 11.8. The van der Waals surface area contributed by atoms with Crippen LogP contribution in [0.2, 0.25) is 0 Å². The molecule has 3 rings (SSSR count). The zero-order valence-electron chi connectivity index (χ0n) is 12.0. The Morgan fingerprint density at radius 3 is 3.27 bits per heavy atom. The van der Waals surface area contributed by atoms with Gasteiger partial charge in [0.05, 0.1) is 18.1 Å². The molecule has 1 aliphatic heterocycles. The number of thioether (sulfide) groups is 1. The molecule has 2 aromatic rings. The summed E-state index contributed by atoms with van der Waals surface area (Å²) < 4.78 is 12.3. The standard InChI is InChI=1S/C13H17N5O3S/c19-12(14-7-10-3-1-5-20-10)9-22-13-15-16-17-18(13)8-11-4-2-6-21-11/h2,4,6,10H,1,3,5,7-9H2,(H,14,19). The van der Waals surface area contributed by atoms with Crippen molar-refractivity contribution < 1.29 is 13.9 Å². The molecule has 2 aromatic heterocycles. The van der Waals surface area contributed by atoms with Crippen LogP contribution in [-0.4, -0.2) is 51.1 Å². The molecule has 1 N–H and O–H groups in total. The molecule has 0 spiro atoms. The molecular weight excluding hydrogens is 306 g/mol. The first-order valence-corrected chi connectivity index (χ1v) is 8.09. The maximum absolute atomic E-state index is 11.8. The summed E-state index contributed by atoms with van der Waals surface area (Å²) in [7, 11) is 0. The summed E-state index contributed by atoms with van der Waals surface area (Å²) in [6, 6.07) is 3.66. The third-order valence-electron chi connectivity index (χ3n) is 3.27. The smallest absolute Gasteiger partial charge is 0.230 e. The second-order valence-corrected chi connectivity index (χ2v) is 5.87. The minimum Gasteiger partial charge on any atom is -0.467 e. The van der Waals surface area contributed by atoms with Gasteiger partial charge in [-0.15, -0.1) is 5.10 Å². The van der Waals surface area contributed by atoms with Crippen LogP contribution >= 0.6 is 11.8 Å². The maximum Gasteiger partial charge on any atom is 0.230 e. The summed E-state index contributed by atoms with van der Waals surface area (Å²) in [5.41, 5.74) is 0. The first-order chi connectivity index (χ1) is 10.8. The molecule has 9 heteroatoms. The average Bonchev–Trinajstić information content (AvgIpc) is 3.26. The van der Waals surface area contributed by atoms with Crippen molar-refractivity contribution >= 4 is 17.7 Å². The van der Waals surface area contributed by atoms with Gasteiger partial charge in [-0.3, -0.25) is 4.79 Å². The van der Waals surface area contributed by atoms with Crippen molar-refractivity contribution in [1.29, 1.82) is 0 Å². The third kappa shape index (κ3) is 4.08. The summed E-state index contributed by atoms with van der Waals surface area (Å²) in [5.74, 6) is 0.982. The third-order valence-corrected chi connectivity index (χ3v) is 4.23. The van der Waals surface area contributed by atoms with Crippen LogP contribution in [0, 0.1) is 0 Å². The van der Waals surface area contributed by atoms with Crippen molar-refractivity contribution in [3.05, 3.63) is 24.2 Å². The molecule has 0 saturated carbocycles. The predicted octanol–water partition coefficient (Wildman–Crippen LogP) is 0.702. The van der Waals surface area contributed by atoms with Crippen molar-refractivity contribution in [2.45, 2.75) is 30.6 Å². The Labute approximate surface area is 131 Å². The van der Waals surface area contributed by atoms with Gasteiger partial charge in [0.2, 0.25) is 11.1 Å². The number of nitrogens with zero attached hydrogens (tertiary/aromatic N) is 4. The normalized spacial score (nSPS) is 17.7. The van der Waals surface area contributed by atoms with Crippen molar-refractivity contribution in [1.82, 2.24) is 25.5 Å². The molecule has 1 atom stereocenters. The fraction of sp³-hybridized carbons (Fsp3) is 0.538. The summed E-state index contributed by atoms with van der Waals surface area (Å²) in [5, 5.41) is 14.9. The van der Waals surface area contributed by atoms with Crippen LogP contribution in [0.1, 0.15) is 18.6 Å². The van der Waals surface area contributed by atoms with Crippen molar-refractivity contribution in [2.75, 3.05) is 18.9 Å². The molecule has 118 valence electrons. The lowest BCUT2D eigenvalue weighted by Gasteiger charge is -2.10. The van der Waals surface area contributed by atoms with Gasteiger partial charge in [0.15, 0.2) is 0 Å². The molecule has 0 radical (unpaired) electrons. The zero-order valence-corrected chi connectivity index (χ0v) is 12.8. The molecule has 1 fully saturated rings. The minimum absolute atomic E-state index is 0.0481. The molecule has 1 saturated heterocycles. The molecule has 0 aromatic carbocycles. The van der Waals surface area contributed by atoms with Gasteiger partial charge in [0, 0.05) is 13.2 Å². The van der Waals surface area contributed by atoms with Gasteiger partial charge in [-0.05, 0) is 35.4 Å². The van der Waals surface area contributed by atoms with E-state index in [-0.39, 0.29) is 17.8 Å². The quantitative estimate of drug-likeness (QED) is 0.749. The first kappa shape index (κ1) is 15.0. The molecule has 1 amide bonds. The Balaban J connectivity index is 1.45. The second kappa shape index (κ2) is 7.41. The fourth-order valence-electron chi connectivity index (χ4n) is 2.16. The number of tetrazole rings is 1. The van der Waals surface area contributed by atoms with E-state index in [1.807, 2.05) is 12.1 Å². The SMILES string of the molecule is O=C(CSc1nnnn1Cc1ccco1)NCC1CCCO1. The van der Waals surface area contributed by atoms with E-state index in [1.54, 1.807) is 10.9 Å². The number of amides is 1. The van der Waals surface area contributed by atoms with Gasteiger partial charge in [0.25, 0.3) is 0 Å². The number of carbonyl (C=O) groups excluding carboxylic acids is 1. The van der Waals surface area contributed by atoms with Crippen LogP contribution in [-0.2, 0) is 16.1 Å². The summed E-state index contributed by atoms with van der Waals surface area (Å²) in [6.07, 6.45) is 3.83. The Hall–Kier alpha value is -1.87. The summed E-state index contributed by atoms with van der Waals surface area (Å²) in [4.78, 5) is 11.8. The van der Waals surface area contributed by atoms with E-state index < -0.39 is 0 Å². The highest BCUT2D eigenvalue weighted by Crippen LogP contribution is 2.15.